The fraction of sp³-hybridized carbons (Fsp3) is 0.429. The number of alkyl halides is 1. The lowest BCUT2D eigenvalue weighted by atomic mass is 10.1. The van der Waals surface area contributed by atoms with Gasteiger partial charge in [0.2, 0.25) is 0 Å². The molecule has 3 nitrogen and oxygen atoms in total. The molecule has 94 valence electrons. The maximum absolute atomic E-state index is 6.01. The van der Waals surface area contributed by atoms with Crippen molar-refractivity contribution in [3.63, 3.8) is 0 Å². The zero-order valence-corrected chi connectivity index (χ0v) is 10.9. The minimum Gasteiger partial charge on any atom is -0.366 e. The average molecular weight is 262 g/mol. The largest absolute Gasteiger partial charge is 0.366 e. The van der Waals surface area contributed by atoms with E-state index in [-0.39, 0.29) is 0 Å². The highest BCUT2D eigenvalue weighted by molar-refractivity contribution is 6.18. The number of benzene rings is 1. The van der Waals surface area contributed by atoms with Crippen LogP contribution in [0.15, 0.2) is 30.6 Å². The third kappa shape index (κ3) is 2.15. The van der Waals surface area contributed by atoms with Gasteiger partial charge < -0.3 is 5.32 Å². The third-order valence-electron chi connectivity index (χ3n) is 3.72. The molecule has 1 N–H and O–H groups in total. The number of nitrogens with zero attached hydrogens (tertiary/aromatic N) is 2. The second kappa shape index (κ2) is 5.11. The van der Waals surface area contributed by atoms with E-state index in [9.17, 15) is 0 Å². The molecule has 18 heavy (non-hydrogen) atoms. The highest BCUT2D eigenvalue weighted by Gasteiger charge is 2.26. The number of aromatic nitrogens is 2. The highest BCUT2D eigenvalue weighted by Crippen LogP contribution is 2.30. The van der Waals surface area contributed by atoms with Crippen molar-refractivity contribution in [2.45, 2.75) is 25.3 Å². The Morgan fingerprint density at radius 1 is 1.22 bits per heavy atom. The molecule has 1 aliphatic carbocycles. The van der Waals surface area contributed by atoms with Gasteiger partial charge in [0.25, 0.3) is 0 Å². The molecule has 1 aliphatic rings. The number of rotatable bonds is 3. The molecule has 0 bridgehead atoms. The van der Waals surface area contributed by atoms with Gasteiger partial charge in [0.05, 0.1) is 5.52 Å². The van der Waals surface area contributed by atoms with Gasteiger partial charge in [-0.15, -0.1) is 11.6 Å². The second-order valence-corrected chi connectivity index (χ2v) is 5.14. The maximum atomic E-state index is 6.01. The zero-order valence-electron chi connectivity index (χ0n) is 10.1. The molecule has 0 spiro atoms. The molecule has 0 amide bonds. The van der Waals surface area contributed by atoms with Crippen LogP contribution in [0.1, 0.15) is 19.3 Å². The first-order chi connectivity index (χ1) is 8.88. The van der Waals surface area contributed by atoms with Crippen molar-refractivity contribution in [3.8, 4) is 0 Å². The Bertz CT molecular complexity index is 538. The van der Waals surface area contributed by atoms with E-state index >= 15 is 0 Å². The monoisotopic (exact) mass is 261 g/mol. The molecule has 4 heteroatoms. The number of halogens is 1. The Hall–Kier alpha value is -1.35. The van der Waals surface area contributed by atoms with Crippen LogP contribution in [0.3, 0.4) is 0 Å². The molecule has 0 aliphatic heterocycles. The van der Waals surface area contributed by atoms with E-state index in [0.717, 1.165) is 22.6 Å². The number of nitrogens with one attached hydrogen (secondary N) is 1. The summed E-state index contributed by atoms with van der Waals surface area (Å²) in [6.45, 7) is 0. The van der Waals surface area contributed by atoms with Crippen molar-refractivity contribution in [1.82, 2.24) is 9.97 Å². The smallest absolute Gasteiger partial charge is 0.137 e. The molecule has 2 atom stereocenters. The molecule has 1 aromatic carbocycles. The molecule has 1 saturated carbocycles. The first kappa shape index (κ1) is 11.7. The van der Waals surface area contributed by atoms with E-state index < -0.39 is 0 Å². The fourth-order valence-electron chi connectivity index (χ4n) is 2.71. The minimum atomic E-state index is 0.445. The molecule has 1 heterocycles. The summed E-state index contributed by atoms with van der Waals surface area (Å²) in [5.74, 6) is 2.21. The van der Waals surface area contributed by atoms with Crippen LogP contribution in [0.25, 0.3) is 10.9 Å². The van der Waals surface area contributed by atoms with Crippen LogP contribution in [0, 0.1) is 5.92 Å². The van der Waals surface area contributed by atoms with Crippen molar-refractivity contribution >= 4 is 28.3 Å². The normalized spacial score (nSPS) is 23.4. The van der Waals surface area contributed by atoms with Gasteiger partial charge in [-0.2, -0.15) is 0 Å². The van der Waals surface area contributed by atoms with Crippen molar-refractivity contribution in [3.05, 3.63) is 30.6 Å². The Labute approximate surface area is 112 Å². The number of para-hydroxylation sites is 1. The SMILES string of the molecule is ClCC1CCCC1Nc1ncnc2ccccc12. The summed E-state index contributed by atoms with van der Waals surface area (Å²) in [5, 5.41) is 4.63. The summed E-state index contributed by atoms with van der Waals surface area (Å²) in [4.78, 5) is 8.65. The van der Waals surface area contributed by atoms with Crippen LogP contribution in [-0.4, -0.2) is 21.9 Å². The van der Waals surface area contributed by atoms with E-state index in [1.165, 1.54) is 19.3 Å². The van der Waals surface area contributed by atoms with Crippen LogP contribution in [0.2, 0.25) is 0 Å². The van der Waals surface area contributed by atoms with Gasteiger partial charge in [0, 0.05) is 17.3 Å². The summed E-state index contributed by atoms with van der Waals surface area (Å²) >= 11 is 6.01. The molecule has 0 radical (unpaired) electrons. The molecular formula is C14H16ClN3. The summed E-state index contributed by atoms with van der Waals surface area (Å²) in [6.07, 6.45) is 5.26. The average Bonchev–Trinajstić information content (AvgIpc) is 2.86. The quantitative estimate of drug-likeness (QED) is 0.860. The molecule has 1 fully saturated rings. The van der Waals surface area contributed by atoms with Gasteiger partial charge in [-0.05, 0) is 30.9 Å². The summed E-state index contributed by atoms with van der Waals surface area (Å²) in [7, 11) is 0. The van der Waals surface area contributed by atoms with Crippen LogP contribution in [-0.2, 0) is 0 Å². The standard InChI is InChI=1S/C14H16ClN3/c15-8-10-4-3-7-12(10)18-14-11-5-1-2-6-13(11)16-9-17-14/h1-2,5-6,9-10,12H,3-4,7-8H2,(H,16,17,18). The molecule has 2 aromatic rings. The molecule has 2 unspecified atom stereocenters. The van der Waals surface area contributed by atoms with E-state index in [1.54, 1.807) is 6.33 Å². The van der Waals surface area contributed by atoms with Crippen LogP contribution >= 0.6 is 11.6 Å². The van der Waals surface area contributed by atoms with Crippen molar-refractivity contribution < 1.29 is 0 Å². The van der Waals surface area contributed by atoms with E-state index in [0.29, 0.717) is 12.0 Å². The van der Waals surface area contributed by atoms with Crippen molar-refractivity contribution in [2.24, 2.45) is 5.92 Å². The van der Waals surface area contributed by atoms with E-state index in [2.05, 4.69) is 21.4 Å². The Kier molecular flexibility index (Phi) is 3.33. The van der Waals surface area contributed by atoms with Crippen LogP contribution < -0.4 is 5.32 Å². The Balaban J connectivity index is 1.90. The first-order valence-electron chi connectivity index (χ1n) is 6.40. The van der Waals surface area contributed by atoms with Crippen LogP contribution in [0.5, 0.6) is 0 Å². The minimum absolute atomic E-state index is 0.445. The lowest BCUT2D eigenvalue weighted by Crippen LogP contribution is -2.25. The van der Waals surface area contributed by atoms with Crippen molar-refractivity contribution in [2.75, 3.05) is 11.2 Å². The van der Waals surface area contributed by atoms with Gasteiger partial charge in [0.1, 0.15) is 12.1 Å². The number of hydrogen-bond acceptors (Lipinski definition) is 3. The predicted molar refractivity (Wildman–Crippen MR) is 75.0 cm³/mol. The fourth-order valence-corrected chi connectivity index (χ4v) is 3.08. The van der Waals surface area contributed by atoms with Gasteiger partial charge in [-0.3, -0.25) is 0 Å². The lowest BCUT2D eigenvalue weighted by molar-refractivity contribution is 0.561. The summed E-state index contributed by atoms with van der Waals surface area (Å²) in [5.41, 5.74) is 0.982. The Morgan fingerprint density at radius 2 is 2.11 bits per heavy atom. The third-order valence-corrected chi connectivity index (χ3v) is 4.12. The zero-order chi connectivity index (χ0) is 12.4. The van der Waals surface area contributed by atoms with Gasteiger partial charge in [-0.25, -0.2) is 9.97 Å². The van der Waals surface area contributed by atoms with Gasteiger partial charge in [0.15, 0.2) is 0 Å². The summed E-state index contributed by atoms with van der Waals surface area (Å²) < 4.78 is 0. The lowest BCUT2D eigenvalue weighted by Gasteiger charge is -2.20. The predicted octanol–water partition coefficient (Wildman–Crippen LogP) is 3.45. The molecular weight excluding hydrogens is 246 g/mol. The number of hydrogen-bond donors (Lipinski definition) is 1. The van der Waals surface area contributed by atoms with E-state index in [1.807, 2.05) is 18.2 Å². The Morgan fingerprint density at radius 3 is 3.00 bits per heavy atom. The highest BCUT2D eigenvalue weighted by atomic mass is 35.5. The van der Waals surface area contributed by atoms with Gasteiger partial charge in [-0.1, -0.05) is 18.6 Å². The number of fused-ring (bicyclic) bond motifs is 1. The molecule has 0 saturated heterocycles. The summed E-state index contributed by atoms with van der Waals surface area (Å²) in [6, 6.07) is 8.53. The second-order valence-electron chi connectivity index (χ2n) is 4.84. The van der Waals surface area contributed by atoms with Gasteiger partial charge >= 0.3 is 0 Å². The van der Waals surface area contributed by atoms with E-state index in [4.69, 9.17) is 11.6 Å². The van der Waals surface area contributed by atoms with Crippen molar-refractivity contribution in [1.29, 1.82) is 0 Å². The van der Waals surface area contributed by atoms with Crippen LogP contribution in [0.4, 0.5) is 5.82 Å². The molecule has 3 rings (SSSR count). The maximum Gasteiger partial charge on any atom is 0.137 e. The number of anilines is 1. The first-order valence-corrected chi connectivity index (χ1v) is 6.94. The topological polar surface area (TPSA) is 37.8 Å². The molecule has 1 aromatic heterocycles.